The summed E-state index contributed by atoms with van der Waals surface area (Å²) in [6.07, 6.45) is 5.49. The van der Waals surface area contributed by atoms with E-state index in [4.69, 9.17) is 5.11 Å². The molecule has 4 heteroatoms. The molecule has 86 valence electrons. The minimum Gasteiger partial charge on any atom is -0.481 e. The highest BCUT2D eigenvalue weighted by molar-refractivity contribution is 5.67. The summed E-state index contributed by atoms with van der Waals surface area (Å²) in [5.41, 5.74) is 3.67. The maximum atomic E-state index is 10.6. The minimum absolute atomic E-state index is 0.188. The van der Waals surface area contributed by atoms with E-state index < -0.39 is 5.97 Å². The number of carbonyl (C=O) groups is 1. The van der Waals surface area contributed by atoms with Gasteiger partial charge in [0.15, 0.2) is 0 Å². The van der Waals surface area contributed by atoms with Gasteiger partial charge in [-0.1, -0.05) is 0 Å². The van der Waals surface area contributed by atoms with Crippen LogP contribution >= 0.6 is 0 Å². The van der Waals surface area contributed by atoms with Crippen molar-refractivity contribution in [2.75, 3.05) is 13.6 Å². The molecule has 0 spiro atoms. The normalized spacial score (nSPS) is 15.8. The molecule has 2 rings (SSSR count). The lowest BCUT2D eigenvalue weighted by Gasteiger charge is -2.26. The Morgan fingerprint density at radius 2 is 2.38 bits per heavy atom. The topological polar surface area (TPSA) is 53.4 Å². The lowest BCUT2D eigenvalue weighted by molar-refractivity contribution is -0.136. The zero-order valence-electron chi connectivity index (χ0n) is 9.44. The van der Waals surface area contributed by atoms with Gasteiger partial charge in [0.1, 0.15) is 0 Å². The Morgan fingerprint density at radius 3 is 3.12 bits per heavy atom. The van der Waals surface area contributed by atoms with Crippen LogP contribution in [0.4, 0.5) is 0 Å². The highest BCUT2D eigenvalue weighted by Gasteiger charge is 2.16. The summed E-state index contributed by atoms with van der Waals surface area (Å²) in [6, 6.07) is 0. The van der Waals surface area contributed by atoms with Crippen molar-refractivity contribution in [2.24, 2.45) is 0 Å². The first-order valence-electron chi connectivity index (χ1n) is 5.52. The number of hydrogen-bond acceptors (Lipinski definition) is 3. The molecule has 2 heterocycles. The van der Waals surface area contributed by atoms with Gasteiger partial charge in [0.05, 0.1) is 0 Å². The number of aliphatic carboxylic acids is 1. The Morgan fingerprint density at radius 1 is 1.56 bits per heavy atom. The van der Waals surface area contributed by atoms with Crippen LogP contribution in [-0.2, 0) is 24.2 Å². The van der Waals surface area contributed by atoms with E-state index in [-0.39, 0.29) is 6.42 Å². The van der Waals surface area contributed by atoms with Crippen molar-refractivity contribution >= 4 is 5.97 Å². The standard InChI is InChI=1S/C12H16N2O2/c1-14-5-4-11-9(2-3-12(15)16)6-13-7-10(11)8-14/h6-7H,2-5,8H2,1H3,(H,15,16). The highest BCUT2D eigenvalue weighted by Crippen LogP contribution is 2.21. The molecule has 1 aromatic heterocycles. The molecular formula is C12H16N2O2. The third-order valence-electron chi connectivity index (χ3n) is 3.03. The van der Waals surface area contributed by atoms with Gasteiger partial charge in [-0.25, -0.2) is 0 Å². The van der Waals surface area contributed by atoms with Crippen molar-refractivity contribution in [3.63, 3.8) is 0 Å². The number of aromatic nitrogens is 1. The minimum atomic E-state index is -0.745. The largest absolute Gasteiger partial charge is 0.481 e. The molecule has 0 amide bonds. The number of hydrogen-bond donors (Lipinski definition) is 1. The fraction of sp³-hybridized carbons (Fsp3) is 0.500. The van der Waals surface area contributed by atoms with Crippen molar-refractivity contribution in [3.05, 3.63) is 29.1 Å². The molecular weight excluding hydrogens is 204 g/mol. The van der Waals surface area contributed by atoms with Crippen molar-refractivity contribution in [1.82, 2.24) is 9.88 Å². The predicted octanol–water partition coefficient (Wildman–Crippen LogP) is 1.09. The predicted molar refractivity (Wildman–Crippen MR) is 60.2 cm³/mol. The van der Waals surface area contributed by atoms with Gasteiger partial charge in [0.25, 0.3) is 0 Å². The summed E-state index contributed by atoms with van der Waals surface area (Å²) in [7, 11) is 2.09. The number of pyridine rings is 1. The van der Waals surface area contributed by atoms with Crippen LogP contribution in [0, 0.1) is 0 Å². The molecule has 0 saturated carbocycles. The molecule has 4 nitrogen and oxygen atoms in total. The Kier molecular flexibility index (Phi) is 3.19. The number of likely N-dealkylation sites (N-methyl/N-ethyl adjacent to an activating group) is 1. The van der Waals surface area contributed by atoms with Crippen LogP contribution in [0.25, 0.3) is 0 Å². The van der Waals surface area contributed by atoms with Crippen LogP contribution in [0.3, 0.4) is 0 Å². The van der Waals surface area contributed by atoms with E-state index in [0.717, 1.165) is 25.1 Å². The highest BCUT2D eigenvalue weighted by atomic mass is 16.4. The molecule has 0 fully saturated rings. The van der Waals surface area contributed by atoms with Gasteiger partial charge < -0.3 is 10.0 Å². The van der Waals surface area contributed by atoms with Crippen molar-refractivity contribution in [1.29, 1.82) is 0 Å². The second-order valence-electron chi connectivity index (χ2n) is 4.32. The molecule has 0 atom stereocenters. The maximum Gasteiger partial charge on any atom is 0.303 e. The lowest BCUT2D eigenvalue weighted by atomic mass is 9.95. The molecule has 1 N–H and O–H groups in total. The molecule has 0 aliphatic carbocycles. The van der Waals surface area contributed by atoms with E-state index in [0.29, 0.717) is 6.42 Å². The van der Waals surface area contributed by atoms with Gasteiger partial charge in [0, 0.05) is 31.9 Å². The number of carboxylic acids is 1. The van der Waals surface area contributed by atoms with Gasteiger partial charge >= 0.3 is 5.97 Å². The van der Waals surface area contributed by atoms with Crippen LogP contribution in [0.2, 0.25) is 0 Å². The van der Waals surface area contributed by atoms with Crippen molar-refractivity contribution in [3.8, 4) is 0 Å². The Balaban J connectivity index is 2.20. The molecule has 0 aromatic carbocycles. The zero-order valence-corrected chi connectivity index (χ0v) is 9.44. The molecule has 1 aliphatic rings. The first-order chi connectivity index (χ1) is 7.66. The molecule has 0 bridgehead atoms. The molecule has 1 aliphatic heterocycles. The number of aryl methyl sites for hydroxylation is 1. The quantitative estimate of drug-likeness (QED) is 0.828. The van der Waals surface area contributed by atoms with E-state index >= 15 is 0 Å². The number of fused-ring (bicyclic) bond motifs is 1. The van der Waals surface area contributed by atoms with Gasteiger partial charge in [-0.2, -0.15) is 0 Å². The summed E-state index contributed by atoms with van der Waals surface area (Å²) >= 11 is 0. The zero-order chi connectivity index (χ0) is 11.5. The van der Waals surface area contributed by atoms with Gasteiger partial charge in [-0.15, -0.1) is 0 Å². The Bertz CT molecular complexity index is 404. The van der Waals surface area contributed by atoms with Crippen LogP contribution in [0.5, 0.6) is 0 Å². The van der Waals surface area contributed by atoms with Gasteiger partial charge in [-0.05, 0) is 36.6 Å². The third-order valence-corrected chi connectivity index (χ3v) is 3.03. The number of carboxylic acid groups (broad SMARTS) is 1. The summed E-state index contributed by atoms with van der Waals surface area (Å²) in [5.74, 6) is -0.745. The number of rotatable bonds is 3. The van der Waals surface area contributed by atoms with Crippen LogP contribution in [-0.4, -0.2) is 34.6 Å². The molecule has 1 aromatic rings. The van der Waals surface area contributed by atoms with Crippen molar-refractivity contribution in [2.45, 2.75) is 25.8 Å². The second kappa shape index (κ2) is 4.61. The van der Waals surface area contributed by atoms with Gasteiger partial charge in [0.2, 0.25) is 0 Å². The summed E-state index contributed by atoms with van der Waals surface area (Å²) in [4.78, 5) is 17.0. The molecule has 0 saturated heterocycles. The van der Waals surface area contributed by atoms with Gasteiger partial charge in [-0.3, -0.25) is 9.78 Å². The number of nitrogens with zero attached hydrogens (tertiary/aromatic N) is 2. The third kappa shape index (κ3) is 2.39. The molecule has 16 heavy (non-hydrogen) atoms. The average molecular weight is 220 g/mol. The average Bonchev–Trinajstić information content (AvgIpc) is 2.25. The summed E-state index contributed by atoms with van der Waals surface area (Å²) in [6.45, 7) is 1.96. The Labute approximate surface area is 94.9 Å². The summed E-state index contributed by atoms with van der Waals surface area (Å²) < 4.78 is 0. The van der Waals surface area contributed by atoms with Crippen LogP contribution in [0.1, 0.15) is 23.1 Å². The van der Waals surface area contributed by atoms with E-state index in [9.17, 15) is 4.79 Å². The summed E-state index contributed by atoms with van der Waals surface area (Å²) in [5, 5.41) is 8.69. The Hall–Kier alpha value is -1.42. The monoisotopic (exact) mass is 220 g/mol. The van der Waals surface area contributed by atoms with E-state index in [2.05, 4.69) is 16.9 Å². The van der Waals surface area contributed by atoms with Crippen molar-refractivity contribution < 1.29 is 9.90 Å². The molecule has 0 radical (unpaired) electrons. The maximum absolute atomic E-state index is 10.6. The first kappa shape index (κ1) is 11.1. The SMILES string of the molecule is CN1CCc2c(CCC(=O)O)cncc2C1. The van der Waals surface area contributed by atoms with Crippen LogP contribution < -0.4 is 0 Å². The fourth-order valence-electron chi connectivity index (χ4n) is 2.17. The fourth-order valence-corrected chi connectivity index (χ4v) is 2.17. The second-order valence-corrected chi connectivity index (χ2v) is 4.32. The van der Waals surface area contributed by atoms with E-state index in [1.807, 2.05) is 12.4 Å². The first-order valence-corrected chi connectivity index (χ1v) is 5.52. The smallest absolute Gasteiger partial charge is 0.303 e. The lowest BCUT2D eigenvalue weighted by Crippen LogP contribution is -2.27. The van der Waals surface area contributed by atoms with Crippen LogP contribution in [0.15, 0.2) is 12.4 Å². The van der Waals surface area contributed by atoms with E-state index in [1.54, 1.807) is 0 Å². The molecule has 0 unspecified atom stereocenters. The van der Waals surface area contributed by atoms with E-state index in [1.165, 1.54) is 11.1 Å².